The van der Waals surface area contributed by atoms with E-state index in [-0.39, 0.29) is 13.0 Å². The molecule has 102 valence electrons. The molecule has 6 heteroatoms. The molecule has 0 bridgehead atoms. The minimum Gasteiger partial charge on any atom is -0.396 e. The Morgan fingerprint density at radius 1 is 1.28 bits per heavy atom. The van der Waals surface area contributed by atoms with Gasteiger partial charge in [0.2, 0.25) is 0 Å². The number of carbonyl (C=O) groups is 2. The lowest BCUT2D eigenvalue weighted by Crippen LogP contribution is -2.39. The minimum atomic E-state index is -2.34. The number of carbonyl (C=O) groups excluding carboxylic acids is 2. The largest absolute Gasteiger partial charge is 0.396 e. The zero-order valence-corrected chi connectivity index (χ0v) is 10.3. The Bertz CT molecular complexity index is 323. The van der Waals surface area contributed by atoms with Crippen molar-refractivity contribution in [3.05, 3.63) is 24.8 Å². The van der Waals surface area contributed by atoms with E-state index in [1.807, 2.05) is 0 Å². The molecule has 0 aliphatic rings. The van der Waals surface area contributed by atoms with E-state index in [1.54, 1.807) is 6.92 Å². The van der Waals surface area contributed by atoms with E-state index in [2.05, 4.69) is 16.1 Å². The molecule has 0 rings (SSSR count). The normalized spacial score (nSPS) is 13.9. The number of unbranched alkanes of at least 4 members (excludes halogenated alkanes) is 1. The summed E-state index contributed by atoms with van der Waals surface area (Å²) < 4.78 is 9.25. The molecule has 0 saturated heterocycles. The van der Waals surface area contributed by atoms with Crippen LogP contribution in [0.1, 0.15) is 26.2 Å². The van der Waals surface area contributed by atoms with E-state index in [0.29, 0.717) is 12.8 Å². The van der Waals surface area contributed by atoms with Crippen LogP contribution in [0.4, 0.5) is 0 Å². The van der Waals surface area contributed by atoms with Gasteiger partial charge in [-0.05, 0) is 19.8 Å². The fraction of sp³-hybridized carbons (Fsp3) is 0.500. The summed E-state index contributed by atoms with van der Waals surface area (Å²) in [6.45, 7) is 4.70. The van der Waals surface area contributed by atoms with Gasteiger partial charge in [-0.1, -0.05) is 12.7 Å². The summed E-state index contributed by atoms with van der Waals surface area (Å²) in [5, 5.41) is 18.5. The molecule has 6 nitrogen and oxygen atoms in total. The number of aliphatic hydroxyl groups excluding tert-OH is 1. The molecule has 0 amide bonds. The highest BCUT2D eigenvalue weighted by molar-refractivity contribution is 5.83. The molecule has 0 fully saturated rings. The van der Waals surface area contributed by atoms with E-state index in [4.69, 9.17) is 5.11 Å². The van der Waals surface area contributed by atoms with Crippen LogP contribution in [0.15, 0.2) is 24.8 Å². The molecule has 0 saturated carbocycles. The fourth-order valence-corrected chi connectivity index (χ4v) is 1.11. The lowest BCUT2D eigenvalue weighted by atomic mass is 10.2. The lowest BCUT2D eigenvalue weighted by Gasteiger charge is -2.25. The van der Waals surface area contributed by atoms with Gasteiger partial charge in [0.1, 0.15) is 0 Å². The molecule has 1 atom stereocenters. The van der Waals surface area contributed by atoms with Crippen molar-refractivity contribution >= 4 is 11.9 Å². The van der Waals surface area contributed by atoms with Gasteiger partial charge in [0.05, 0.1) is 6.42 Å². The second-order valence-corrected chi connectivity index (χ2v) is 3.44. The Kier molecular flexibility index (Phi) is 7.66. The highest BCUT2D eigenvalue weighted by Gasteiger charge is 2.34. The van der Waals surface area contributed by atoms with Crippen LogP contribution in [0.5, 0.6) is 0 Å². The molecule has 0 heterocycles. The summed E-state index contributed by atoms with van der Waals surface area (Å²) in [7, 11) is 0. The van der Waals surface area contributed by atoms with Gasteiger partial charge >= 0.3 is 17.9 Å². The third-order valence-corrected chi connectivity index (χ3v) is 1.89. The molecule has 0 aliphatic heterocycles. The van der Waals surface area contributed by atoms with Crippen molar-refractivity contribution in [2.24, 2.45) is 0 Å². The third-order valence-electron chi connectivity index (χ3n) is 1.89. The number of esters is 2. The van der Waals surface area contributed by atoms with Gasteiger partial charge in [0.25, 0.3) is 0 Å². The maximum Gasteiger partial charge on any atom is 0.373 e. The van der Waals surface area contributed by atoms with Gasteiger partial charge in [-0.2, -0.15) is 0 Å². The van der Waals surface area contributed by atoms with E-state index in [0.717, 1.165) is 12.2 Å². The Morgan fingerprint density at radius 3 is 2.39 bits per heavy atom. The van der Waals surface area contributed by atoms with Gasteiger partial charge in [-0.25, -0.2) is 9.59 Å². The van der Waals surface area contributed by atoms with Crippen LogP contribution in [0, 0.1) is 0 Å². The highest BCUT2D eigenvalue weighted by Crippen LogP contribution is 2.19. The zero-order valence-electron chi connectivity index (χ0n) is 10.3. The van der Waals surface area contributed by atoms with Crippen LogP contribution in [0.3, 0.4) is 0 Å². The first kappa shape index (κ1) is 16.3. The second kappa shape index (κ2) is 8.43. The quantitative estimate of drug-likeness (QED) is 0.287. The first-order valence-corrected chi connectivity index (χ1v) is 5.51. The Morgan fingerprint density at radius 2 is 1.89 bits per heavy atom. The predicted molar refractivity (Wildman–Crippen MR) is 63.1 cm³/mol. The van der Waals surface area contributed by atoms with E-state index < -0.39 is 17.9 Å². The lowest BCUT2D eigenvalue weighted by molar-refractivity contribution is -0.324. The van der Waals surface area contributed by atoms with Crippen LogP contribution in [0.25, 0.3) is 0 Å². The second-order valence-electron chi connectivity index (χ2n) is 3.44. The number of rotatable bonds is 8. The molecule has 0 aromatic heterocycles. The van der Waals surface area contributed by atoms with Gasteiger partial charge in [0.15, 0.2) is 0 Å². The maximum atomic E-state index is 11.2. The molecule has 0 spiro atoms. The minimum absolute atomic E-state index is 0.0751. The molecule has 2 N–H and O–H groups in total. The summed E-state index contributed by atoms with van der Waals surface area (Å²) in [5.41, 5.74) is 0. The van der Waals surface area contributed by atoms with Crippen molar-refractivity contribution in [3.63, 3.8) is 0 Å². The monoisotopic (exact) mass is 258 g/mol. The van der Waals surface area contributed by atoms with Crippen LogP contribution in [-0.4, -0.2) is 34.7 Å². The Hall–Kier alpha value is -1.66. The summed E-state index contributed by atoms with van der Waals surface area (Å²) in [5.74, 6) is -4.08. The van der Waals surface area contributed by atoms with Crippen molar-refractivity contribution in [3.8, 4) is 0 Å². The molecular weight excluding hydrogens is 240 g/mol. The van der Waals surface area contributed by atoms with Gasteiger partial charge in [-0.3, -0.25) is 0 Å². The molecule has 0 aliphatic carbocycles. The van der Waals surface area contributed by atoms with Crippen molar-refractivity contribution in [1.29, 1.82) is 0 Å². The zero-order chi connectivity index (χ0) is 14.0. The smallest absolute Gasteiger partial charge is 0.373 e. The van der Waals surface area contributed by atoms with Gasteiger partial charge < -0.3 is 19.7 Å². The molecule has 0 aromatic rings. The van der Waals surface area contributed by atoms with E-state index in [1.165, 1.54) is 6.08 Å². The summed E-state index contributed by atoms with van der Waals surface area (Å²) in [6.07, 6.45) is 3.93. The number of allylic oxidation sites excluding steroid dienone is 1. The predicted octanol–water partition coefficient (Wildman–Crippen LogP) is 0.644. The number of hydrogen-bond donors (Lipinski definition) is 2. The van der Waals surface area contributed by atoms with Crippen molar-refractivity contribution in [1.82, 2.24) is 0 Å². The summed E-state index contributed by atoms with van der Waals surface area (Å²) >= 11 is 0. The van der Waals surface area contributed by atoms with Gasteiger partial charge in [-0.15, -0.1) is 0 Å². The van der Waals surface area contributed by atoms with Crippen molar-refractivity contribution in [2.45, 2.75) is 32.2 Å². The Balaban J connectivity index is 4.61. The average Bonchev–Trinajstić information content (AvgIpc) is 2.29. The first-order chi connectivity index (χ1) is 8.47. The average molecular weight is 258 g/mol. The molecular formula is C12H18O6. The van der Waals surface area contributed by atoms with Crippen molar-refractivity contribution in [2.75, 3.05) is 6.61 Å². The van der Waals surface area contributed by atoms with E-state index >= 15 is 0 Å². The summed E-state index contributed by atoms with van der Waals surface area (Å²) in [6, 6.07) is 0. The number of aliphatic hydroxyl groups is 2. The summed E-state index contributed by atoms with van der Waals surface area (Å²) in [4.78, 5) is 22.3. The molecule has 1 unspecified atom stereocenters. The molecule has 0 aromatic carbocycles. The Labute approximate surface area is 106 Å². The molecule has 0 radical (unpaired) electrons. The van der Waals surface area contributed by atoms with E-state index in [9.17, 15) is 14.7 Å². The van der Waals surface area contributed by atoms with Crippen molar-refractivity contribution < 1.29 is 29.3 Å². The SMILES string of the molecule is C=CC(=O)OC(O)(CCCCO)OC(=O)/C=C/C. The number of hydrogen-bond acceptors (Lipinski definition) is 6. The molecule has 18 heavy (non-hydrogen) atoms. The van der Waals surface area contributed by atoms with Gasteiger partial charge in [0, 0.05) is 18.8 Å². The number of ether oxygens (including phenoxy) is 2. The van der Waals surface area contributed by atoms with Crippen LogP contribution >= 0.6 is 0 Å². The third kappa shape index (κ3) is 6.82. The highest BCUT2D eigenvalue weighted by atomic mass is 16.8. The standard InChI is InChI=1S/C12H18O6/c1-3-7-11(15)18-12(16,8-5-6-9-13)17-10(14)4-2/h3-4,7,13,16H,2,5-6,8-9H2,1H3/b7-3+. The fourth-order valence-electron chi connectivity index (χ4n) is 1.11. The topological polar surface area (TPSA) is 93.1 Å². The maximum absolute atomic E-state index is 11.2. The van der Waals surface area contributed by atoms with Crippen LogP contribution in [0.2, 0.25) is 0 Å². The first-order valence-electron chi connectivity index (χ1n) is 5.51. The van der Waals surface area contributed by atoms with Crippen LogP contribution in [-0.2, 0) is 19.1 Å². The van der Waals surface area contributed by atoms with Crippen LogP contribution < -0.4 is 0 Å².